The van der Waals surface area contributed by atoms with Crippen molar-refractivity contribution in [2.45, 2.75) is 18.2 Å². The van der Waals surface area contributed by atoms with E-state index in [0.717, 1.165) is 12.8 Å². The third-order valence-electron chi connectivity index (χ3n) is 3.22. The van der Waals surface area contributed by atoms with Crippen molar-refractivity contribution in [3.8, 4) is 0 Å². The average molecular weight is 290 g/mol. The fraction of sp³-hybridized carbons (Fsp3) is 0.462. The van der Waals surface area contributed by atoms with E-state index in [4.69, 9.17) is 23.2 Å². The molecule has 1 amide bonds. The first-order chi connectivity index (χ1) is 8.47. The molecule has 1 aliphatic carbocycles. The molecule has 1 fully saturated rings. The predicted octanol–water partition coefficient (Wildman–Crippen LogP) is 3.57. The van der Waals surface area contributed by atoms with E-state index in [1.54, 1.807) is 7.05 Å². The van der Waals surface area contributed by atoms with Gasteiger partial charge in [0.15, 0.2) is 0 Å². The van der Waals surface area contributed by atoms with E-state index >= 15 is 0 Å². The third kappa shape index (κ3) is 2.96. The van der Waals surface area contributed by atoms with Gasteiger partial charge in [-0.25, -0.2) is 4.39 Å². The van der Waals surface area contributed by atoms with Gasteiger partial charge in [0.1, 0.15) is 5.82 Å². The first kappa shape index (κ1) is 13.6. The Hall–Kier alpha value is -0.800. The van der Waals surface area contributed by atoms with E-state index in [-0.39, 0.29) is 16.8 Å². The van der Waals surface area contributed by atoms with Gasteiger partial charge in [-0.15, -0.1) is 11.6 Å². The lowest BCUT2D eigenvalue weighted by molar-refractivity contribution is 0.0742. The molecule has 1 aliphatic rings. The van der Waals surface area contributed by atoms with Crippen LogP contribution in [0, 0.1) is 11.7 Å². The summed E-state index contributed by atoms with van der Waals surface area (Å²) in [5.74, 6) is -0.461. The predicted molar refractivity (Wildman–Crippen MR) is 70.7 cm³/mol. The number of rotatable bonds is 3. The zero-order valence-electron chi connectivity index (χ0n) is 10.00. The second kappa shape index (κ2) is 5.45. The van der Waals surface area contributed by atoms with E-state index in [2.05, 4.69) is 0 Å². The van der Waals surface area contributed by atoms with Gasteiger partial charge < -0.3 is 4.90 Å². The van der Waals surface area contributed by atoms with Crippen molar-refractivity contribution in [2.24, 2.45) is 5.92 Å². The highest BCUT2D eigenvalue weighted by atomic mass is 35.5. The molecule has 1 aromatic rings. The molecule has 0 saturated heterocycles. The standard InChI is InChI=1S/C13H14Cl2FNO/c1-17(7-8-4-10(15)5-8)13(18)11-6-9(14)2-3-12(11)16/h2-3,6,8,10H,4-5,7H2,1H3. The topological polar surface area (TPSA) is 20.3 Å². The van der Waals surface area contributed by atoms with Gasteiger partial charge in [-0.2, -0.15) is 0 Å². The van der Waals surface area contributed by atoms with E-state index in [1.165, 1.54) is 23.1 Å². The van der Waals surface area contributed by atoms with Crippen molar-refractivity contribution in [2.75, 3.05) is 13.6 Å². The molecule has 5 heteroatoms. The van der Waals surface area contributed by atoms with Gasteiger partial charge in [0, 0.05) is 24.0 Å². The molecule has 0 unspecified atom stereocenters. The summed E-state index contributed by atoms with van der Waals surface area (Å²) in [6.45, 7) is 0.605. The van der Waals surface area contributed by atoms with Crippen molar-refractivity contribution in [3.05, 3.63) is 34.6 Å². The maximum absolute atomic E-state index is 13.5. The minimum Gasteiger partial charge on any atom is -0.341 e. The Morgan fingerprint density at radius 3 is 2.78 bits per heavy atom. The molecule has 0 radical (unpaired) electrons. The van der Waals surface area contributed by atoms with E-state index in [9.17, 15) is 9.18 Å². The molecule has 0 heterocycles. The quantitative estimate of drug-likeness (QED) is 0.779. The molecule has 98 valence electrons. The van der Waals surface area contributed by atoms with E-state index in [0.29, 0.717) is 17.5 Å². The summed E-state index contributed by atoms with van der Waals surface area (Å²) in [7, 11) is 1.67. The van der Waals surface area contributed by atoms with Gasteiger partial charge in [0.05, 0.1) is 5.56 Å². The molecule has 1 saturated carbocycles. The van der Waals surface area contributed by atoms with Crippen LogP contribution in [0.25, 0.3) is 0 Å². The summed E-state index contributed by atoms with van der Waals surface area (Å²) in [5.41, 5.74) is 0.0201. The number of halogens is 3. The maximum atomic E-state index is 13.5. The molecular formula is C13H14Cl2FNO. The smallest absolute Gasteiger partial charge is 0.256 e. The van der Waals surface area contributed by atoms with Crippen LogP contribution in [0.2, 0.25) is 5.02 Å². The number of carbonyl (C=O) groups is 1. The zero-order chi connectivity index (χ0) is 13.3. The van der Waals surface area contributed by atoms with Gasteiger partial charge >= 0.3 is 0 Å². The minimum absolute atomic E-state index is 0.0201. The van der Waals surface area contributed by atoms with Crippen LogP contribution in [-0.2, 0) is 0 Å². The van der Waals surface area contributed by atoms with Crippen molar-refractivity contribution >= 4 is 29.1 Å². The number of nitrogens with zero attached hydrogens (tertiary/aromatic N) is 1. The van der Waals surface area contributed by atoms with Crippen LogP contribution in [0.15, 0.2) is 18.2 Å². The zero-order valence-corrected chi connectivity index (χ0v) is 11.5. The Morgan fingerprint density at radius 1 is 1.50 bits per heavy atom. The minimum atomic E-state index is -0.542. The monoisotopic (exact) mass is 289 g/mol. The van der Waals surface area contributed by atoms with Gasteiger partial charge in [0.25, 0.3) is 5.91 Å². The fourth-order valence-corrected chi connectivity index (χ4v) is 2.82. The average Bonchev–Trinajstić information content (AvgIpc) is 2.29. The Morgan fingerprint density at radius 2 is 2.17 bits per heavy atom. The molecule has 0 spiro atoms. The summed E-state index contributed by atoms with van der Waals surface area (Å²) < 4.78 is 13.5. The molecule has 0 N–H and O–H groups in total. The Bertz CT molecular complexity index is 460. The SMILES string of the molecule is CN(CC1CC(Cl)C1)C(=O)c1cc(Cl)ccc1F. The van der Waals surface area contributed by atoms with Crippen LogP contribution in [0.4, 0.5) is 4.39 Å². The first-order valence-electron chi connectivity index (χ1n) is 5.82. The van der Waals surface area contributed by atoms with Crippen molar-refractivity contribution in [1.82, 2.24) is 4.90 Å². The number of carbonyl (C=O) groups excluding carboxylic acids is 1. The summed E-state index contributed by atoms with van der Waals surface area (Å²) in [5, 5.41) is 0.582. The number of alkyl halides is 1. The Kier molecular flexibility index (Phi) is 4.13. The molecule has 18 heavy (non-hydrogen) atoms. The lowest BCUT2D eigenvalue weighted by atomic mass is 9.84. The van der Waals surface area contributed by atoms with Crippen LogP contribution in [0.3, 0.4) is 0 Å². The number of hydrogen-bond acceptors (Lipinski definition) is 1. The van der Waals surface area contributed by atoms with Crippen LogP contribution in [-0.4, -0.2) is 29.8 Å². The normalized spacial score (nSPS) is 22.4. The summed E-state index contributed by atoms with van der Waals surface area (Å²) >= 11 is 11.7. The Balaban J connectivity index is 2.03. The highest BCUT2D eigenvalue weighted by Crippen LogP contribution is 2.32. The summed E-state index contributed by atoms with van der Waals surface area (Å²) in [4.78, 5) is 13.6. The third-order valence-corrected chi connectivity index (χ3v) is 3.81. The summed E-state index contributed by atoms with van der Waals surface area (Å²) in [6, 6.07) is 4.00. The number of benzene rings is 1. The molecule has 2 nitrogen and oxygen atoms in total. The lowest BCUT2D eigenvalue weighted by Gasteiger charge is -2.34. The first-order valence-corrected chi connectivity index (χ1v) is 6.63. The molecular weight excluding hydrogens is 276 g/mol. The molecule has 2 rings (SSSR count). The lowest BCUT2D eigenvalue weighted by Crippen LogP contribution is -2.38. The maximum Gasteiger partial charge on any atom is 0.256 e. The Labute approximate surface area is 116 Å². The fourth-order valence-electron chi connectivity index (χ4n) is 2.14. The van der Waals surface area contributed by atoms with Gasteiger partial charge in [0.2, 0.25) is 0 Å². The largest absolute Gasteiger partial charge is 0.341 e. The van der Waals surface area contributed by atoms with Gasteiger partial charge in [-0.05, 0) is 37.0 Å². The summed E-state index contributed by atoms with van der Waals surface area (Å²) in [6.07, 6.45) is 1.83. The molecule has 0 aromatic heterocycles. The van der Waals surface area contributed by atoms with Crippen LogP contribution in [0.5, 0.6) is 0 Å². The molecule has 0 bridgehead atoms. The highest BCUT2D eigenvalue weighted by molar-refractivity contribution is 6.31. The highest BCUT2D eigenvalue weighted by Gasteiger charge is 2.29. The van der Waals surface area contributed by atoms with E-state index < -0.39 is 5.82 Å². The van der Waals surface area contributed by atoms with Gasteiger partial charge in [-0.1, -0.05) is 11.6 Å². The van der Waals surface area contributed by atoms with Crippen LogP contribution >= 0.6 is 23.2 Å². The molecule has 1 aromatic carbocycles. The van der Waals surface area contributed by atoms with Gasteiger partial charge in [-0.3, -0.25) is 4.79 Å². The number of amides is 1. The number of hydrogen-bond donors (Lipinski definition) is 0. The second-order valence-electron chi connectivity index (χ2n) is 4.74. The van der Waals surface area contributed by atoms with Crippen LogP contribution in [0.1, 0.15) is 23.2 Å². The second-order valence-corrected chi connectivity index (χ2v) is 5.80. The van der Waals surface area contributed by atoms with Crippen LogP contribution < -0.4 is 0 Å². The van der Waals surface area contributed by atoms with E-state index in [1.807, 2.05) is 0 Å². The van der Waals surface area contributed by atoms with Crippen molar-refractivity contribution in [3.63, 3.8) is 0 Å². The molecule has 0 aliphatic heterocycles. The molecule has 0 atom stereocenters. The van der Waals surface area contributed by atoms with Crippen molar-refractivity contribution < 1.29 is 9.18 Å². The van der Waals surface area contributed by atoms with Crippen molar-refractivity contribution in [1.29, 1.82) is 0 Å².